The lowest BCUT2D eigenvalue weighted by atomic mass is 10.1. The van der Waals surface area contributed by atoms with E-state index < -0.39 is 0 Å². The van der Waals surface area contributed by atoms with Crippen molar-refractivity contribution in [1.29, 1.82) is 0 Å². The Labute approximate surface area is 171 Å². The Morgan fingerprint density at radius 1 is 1.25 bits per heavy atom. The lowest BCUT2D eigenvalue weighted by Crippen LogP contribution is -2.14. The molecule has 1 amide bonds. The monoisotopic (exact) mass is 418 g/mol. The molecule has 10 heteroatoms. The fourth-order valence-electron chi connectivity index (χ4n) is 2.43. The van der Waals surface area contributed by atoms with Crippen LogP contribution in [0.15, 0.2) is 23.4 Å². The molecule has 0 saturated heterocycles. The molecule has 1 N–H and O–H groups in total. The first-order valence-electron chi connectivity index (χ1n) is 8.79. The largest absolute Gasteiger partial charge is 0.485 e. The van der Waals surface area contributed by atoms with E-state index in [-0.39, 0.29) is 11.7 Å². The number of hydrogen-bond acceptors (Lipinski definition) is 8. The second-order valence-electron chi connectivity index (χ2n) is 6.21. The van der Waals surface area contributed by atoms with Crippen molar-refractivity contribution >= 4 is 34.1 Å². The predicted molar refractivity (Wildman–Crippen MR) is 110 cm³/mol. The van der Waals surface area contributed by atoms with Crippen molar-refractivity contribution in [3.8, 4) is 5.75 Å². The summed E-state index contributed by atoms with van der Waals surface area (Å²) in [6.07, 6.45) is 0.800. The van der Waals surface area contributed by atoms with Gasteiger partial charge in [-0.2, -0.15) is 0 Å². The van der Waals surface area contributed by atoms with Crippen LogP contribution in [0.2, 0.25) is 0 Å². The molecule has 28 heavy (non-hydrogen) atoms. The van der Waals surface area contributed by atoms with Gasteiger partial charge >= 0.3 is 0 Å². The number of ether oxygens (including phenoxy) is 1. The summed E-state index contributed by atoms with van der Waals surface area (Å²) in [6, 6.07) is 6.05. The minimum Gasteiger partial charge on any atom is -0.485 e. The van der Waals surface area contributed by atoms with E-state index in [1.54, 1.807) is 0 Å². The molecule has 3 aromatic rings. The smallest absolute Gasteiger partial charge is 0.236 e. The second kappa shape index (κ2) is 9.16. The maximum atomic E-state index is 12.1. The van der Waals surface area contributed by atoms with Crippen LogP contribution in [0.25, 0.3) is 0 Å². The molecule has 3 rings (SSSR count). The van der Waals surface area contributed by atoms with E-state index in [0.717, 1.165) is 22.7 Å². The molecule has 0 unspecified atom stereocenters. The molecule has 2 heterocycles. The lowest BCUT2D eigenvalue weighted by molar-refractivity contribution is -0.113. The molecule has 0 spiro atoms. The highest BCUT2D eigenvalue weighted by atomic mass is 32.2. The third kappa shape index (κ3) is 5.08. The molecule has 2 aromatic heterocycles. The predicted octanol–water partition coefficient (Wildman–Crippen LogP) is 3.16. The summed E-state index contributed by atoms with van der Waals surface area (Å²) in [5.41, 5.74) is 2.27. The van der Waals surface area contributed by atoms with Crippen molar-refractivity contribution in [2.24, 2.45) is 7.05 Å². The fraction of sp³-hybridized carbons (Fsp3) is 0.389. The van der Waals surface area contributed by atoms with Crippen LogP contribution in [-0.4, -0.2) is 36.6 Å². The maximum Gasteiger partial charge on any atom is 0.236 e. The number of amides is 1. The van der Waals surface area contributed by atoms with Gasteiger partial charge in [0.05, 0.1) is 5.75 Å². The van der Waals surface area contributed by atoms with Gasteiger partial charge in [0.1, 0.15) is 17.4 Å². The fourth-order valence-corrected chi connectivity index (χ4v) is 3.86. The molecule has 0 aliphatic rings. The van der Waals surface area contributed by atoms with Crippen LogP contribution >= 0.6 is 23.1 Å². The number of anilines is 1. The summed E-state index contributed by atoms with van der Waals surface area (Å²) in [4.78, 5) is 12.1. The zero-order valence-electron chi connectivity index (χ0n) is 16.2. The van der Waals surface area contributed by atoms with Crippen LogP contribution in [-0.2, 0) is 24.9 Å². The Bertz CT molecular complexity index is 969. The van der Waals surface area contributed by atoms with Crippen LogP contribution in [0.3, 0.4) is 0 Å². The summed E-state index contributed by atoms with van der Waals surface area (Å²) in [5, 5.41) is 21.1. The molecular formula is C18H22N6O2S2. The van der Waals surface area contributed by atoms with Gasteiger partial charge in [0.25, 0.3) is 0 Å². The zero-order chi connectivity index (χ0) is 20.1. The number of aryl methyl sites for hydroxylation is 3. The average molecular weight is 419 g/mol. The molecule has 1 aromatic carbocycles. The lowest BCUT2D eigenvalue weighted by Gasteiger charge is -2.09. The normalized spacial score (nSPS) is 10.9. The Kier molecular flexibility index (Phi) is 6.63. The number of rotatable bonds is 8. The number of hydrogen-bond donors (Lipinski definition) is 1. The first kappa shape index (κ1) is 20.3. The SMILES string of the molecule is CCc1nnc(NC(=O)CSc2nnc(COc3ccc(C)cc3C)n2C)s1. The minimum atomic E-state index is -0.153. The summed E-state index contributed by atoms with van der Waals surface area (Å²) in [5.74, 6) is 1.58. The number of aromatic nitrogens is 5. The Morgan fingerprint density at radius 3 is 2.79 bits per heavy atom. The molecule has 0 bridgehead atoms. The van der Waals surface area contributed by atoms with Gasteiger partial charge in [0.15, 0.2) is 11.0 Å². The van der Waals surface area contributed by atoms with Gasteiger partial charge in [-0.05, 0) is 31.9 Å². The average Bonchev–Trinajstić information content (AvgIpc) is 3.26. The van der Waals surface area contributed by atoms with Gasteiger partial charge in [-0.1, -0.05) is 47.7 Å². The summed E-state index contributed by atoms with van der Waals surface area (Å²) >= 11 is 2.70. The first-order chi connectivity index (χ1) is 13.5. The van der Waals surface area contributed by atoms with Crippen molar-refractivity contribution in [2.75, 3.05) is 11.1 Å². The molecule has 0 fully saturated rings. The number of carbonyl (C=O) groups is 1. The molecule has 0 aliphatic carbocycles. The quantitative estimate of drug-likeness (QED) is 0.562. The Hall–Kier alpha value is -2.46. The number of benzene rings is 1. The van der Waals surface area contributed by atoms with E-state index in [1.807, 2.05) is 44.5 Å². The van der Waals surface area contributed by atoms with Gasteiger partial charge < -0.3 is 9.30 Å². The summed E-state index contributed by atoms with van der Waals surface area (Å²) < 4.78 is 7.70. The molecule has 0 saturated carbocycles. The van der Waals surface area contributed by atoms with E-state index in [2.05, 4.69) is 31.8 Å². The van der Waals surface area contributed by atoms with Crippen LogP contribution in [0.1, 0.15) is 28.9 Å². The highest BCUT2D eigenvalue weighted by Gasteiger charge is 2.13. The highest BCUT2D eigenvalue weighted by molar-refractivity contribution is 7.99. The Morgan fingerprint density at radius 2 is 2.07 bits per heavy atom. The van der Waals surface area contributed by atoms with E-state index >= 15 is 0 Å². The third-order valence-corrected chi connectivity index (χ3v) is 5.96. The van der Waals surface area contributed by atoms with Gasteiger partial charge in [0, 0.05) is 7.05 Å². The summed E-state index contributed by atoms with van der Waals surface area (Å²) in [7, 11) is 1.86. The number of nitrogens with one attached hydrogen (secondary N) is 1. The van der Waals surface area contributed by atoms with Crippen LogP contribution in [0.5, 0.6) is 5.75 Å². The third-order valence-electron chi connectivity index (χ3n) is 3.96. The maximum absolute atomic E-state index is 12.1. The molecule has 8 nitrogen and oxygen atoms in total. The van der Waals surface area contributed by atoms with E-state index in [1.165, 1.54) is 28.7 Å². The summed E-state index contributed by atoms with van der Waals surface area (Å²) in [6.45, 7) is 6.37. The van der Waals surface area contributed by atoms with Crippen molar-refractivity contribution < 1.29 is 9.53 Å². The molecular weight excluding hydrogens is 396 g/mol. The van der Waals surface area contributed by atoms with E-state index in [0.29, 0.717) is 22.7 Å². The van der Waals surface area contributed by atoms with Crippen molar-refractivity contribution in [3.05, 3.63) is 40.2 Å². The van der Waals surface area contributed by atoms with Crippen molar-refractivity contribution in [2.45, 2.75) is 39.0 Å². The molecule has 0 aliphatic heterocycles. The number of carbonyl (C=O) groups excluding carboxylic acids is 1. The highest BCUT2D eigenvalue weighted by Crippen LogP contribution is 2.21. The molecule has 0 atom stereocenters. The van der Waals surface area contributed by atoms with Gasteiger partial charge in [0.2, 0.25) is 11.0 Å². The second-order valence-corrected chi connectivity index (χ2v) is 8.21. The van der Waals surface area contributed by atoms with Crippen molar-refractivity contribution in [1.82, 2.24) is 25.0 Å². The van der Waals surface area contributed by atoms with Crippen molar-refractivity contribution in [3.63, 3.8) is 0 Å². The minimum absolute atomic E-state index is 0.153. The Balaban J connectivity index is 1.53. The standard InChI is InChI=1S/C18H22N6O2S2/c1-5-16-21-22-17(28-16)19-15(25)10-27-18-23-20-14(24(18)4)9-26-13-7-6-11(2)8-12(13)3/h6-8H,5,9-10H2,1-4H3,(H,19,22,25). The first-order valence-corrected chi connectivity index (χ1v) is 10.6. The zero-order valence-corrected chi connectivity index (χ0v) is 17.9. The van der Waals surface area contributed by atoms with Gasteiger partial charge in [-0.15, -0.1) is 20.4 Å². The van der Waals surface area contributed by atoms with E-state index in [4.69, 9.17) is 4.74 Å². The van der Waals surface area contributed by atoms with Gasteiger partial charge in [-0.3, -0.25) is 10.1 Å². The van der Waals surface area contributed by atoms with Crippen LogP contribution < -0.4 is 10.1 Å². The number of thioether (sulfide) groups is 1. The number of nitrogens with zero attached hydrogens (tertiary/aromatic N) is 5. The molecule has 0 radical (unpaired) electrons. The van der Waals surface area contributed by atoms with Gasteiger partial charge in [-0.25, -0.2) is 0 Å². The molecule has 148 valence electrons. The van der Waals surface area contributed by atoms with Crippen LogP contribution in [0, 0.1) is 13.8 Å². The van der Waals surface area contributed by atoms with Crippen LogP contribution in [0.4, 0.5) is 5.13 Å². The topological polar surface area (TPSA) is 94.8 Å². The van der Waals surface area contributed by atoms with E-state index in [9.17, 15) is 4.79 Å².